The Morgan fingerprint density at radius 2 is 2.19 bits per heavy atom. The van der Waals surface area contributed by atoms with Crippen LogP contribution in [0.2, 0.25) is 0 Å². The molecule has 0 saturated carbocycles. The number of nitrogens with one attached hydrogen (secondary N) is 1. The van der Waals surface area contributed by atoms with Crippen molar-refractivity contribution in [3.8, 4) is 0 Å². The standard InChI is InChI=1S/C16H19N5/c1-11-7-16(14-8-13(17)3-4-15(14)19-11)20-12(2)9-21-6-5-18-10-21/h3-8,10,12H,9,17H2,1-2H3,(H,19,20). The molecule has 2 heterocycles. The Labute approximate surface area is 123 Å². The van der Waals surface area contributed by atoms with Gasteiger partial charge in [0.05, 0.1) is 11.8 Å². The number of nitrogens with zero attached hydrogens (tertiary/aromatic N) is 3. The Balaban J connectivity index is 1.90. The molecular weight excluding hydrogens is 262 g/mol. The summed E-state index contributed by atoms with van der Waals surface area (Å²) in [6, 6.07) is 8.14. The Hall–Kier alpha value is -2.56. The van der Waals surface area contributed by atoms with Gasteiger partial charge in [0.1, 0.15) is 0 Å². The molecule has 3 N–H and O–H groups in total. The normalized spacial score (nSPS) is 12.5. The lowest BCUT2D eigenvalue weighted by molar-refractivity contribution is 0.619. The number of benzene rings is 1. The number of rotatable bonds is 4. The molecule has 0 aliphatic carbocycles. The highest BCUT2D eigenvalue weighted by Gasteiger charge is 2.08. The van der Waals surface area contributed by atoms with E-state index in [4.69, 9.17) is 5.73 Å². The van der Waals surface area contributed by atoms with Crippen molar-refractivity contribution in [2.24, 2.45) is 0 Å². The fourth-order valence-electron chi connectivity index (χ4n) is 2.52. The zero-order valence-electron chi connectivity index (χ0n) is 12.2. The molecule has 0 fully saturated rings. The molecule has 1 atom stereocenters. The average Bonchev–Trinajstić information content (AvgIpc) is 2.92. The fourth-order valence-corrected chi connectivity index (χ4v) is 2.52. The van der Waals surface area contributed by atoms with E-state index in [-0.39, 0.29) is 6.04 Å². The number of nitrogens with two attached hydrogens (primary N) is 1. The third kappa shape index (κ3) is 2.97. The second-order valence-corrected chi connectivity index (χ2v) is 5.39. The van der Waals surface area contributed by atoms with Crippen molar-refractivity contribution in [3.05, 3.63) is 48.7 Å². The lowest BCUT2D eigenvalue weighted by Gasteiger charge is -2.18. The number of aryl methyl sites for hydroxylation is 1. The van der Waals surface area contributed by atoms with Crippen LogP contribution in [0.5, 0.6) is 0 Å². The van der Waals surface area contributed by atoms with E-state index in [9.17, 15) is 0 Å². The highest BCUT2D eigenvalue weighted by atomic mass is 15.1. The summed E-state index contributed by atoms with van der Waals surface area (Å²) >= 11 is 0. The summed E-state index contributed by atoms with van der Waals surface area (Å²) in [4.78, 5) is 8.62. The molecule has 0 radical (unpaired) electrons. The van der Waals surface area contributed by atoms with Gasteiger partial charge < -0.3 is 15.6 Å². The van der Waals surface area contributed by atoms with Gasteiger partial charge in [-0.2, -0.15) is 0 Å². The second-order valence-electron chi connectivity index (χ2n) is 5.39. The third-order valence-corrected chi connectivity index (χ3v) is 3.41. The van der Waals surface area contributed by atoms with Crippen LogP contribution < -0.4 is 11.1 Å². The fraction of sp³-hybridized carbons (Fsp3) is 0.250. The summed E-state index contributed by atoms with van der Waals surface area (Å²) in [5, 5.41) is 4.60. The summed E-state index contributed by atoms with van der Waals surface area (Å²) in [5.41, 5.74) is 9.67. The molecule has 108 valence electrons. The smallest absolute Gasteiger partial charge is 0.0946 e. The number of anilines is 2. The first-order chi connectivity index (χ1) is 10.1. The topological polar surface area (TPSA) is 68.8 Å². The maximum Gasteiger partial charge on any atom is 0.0946 e. The molecule has 1 aromatic carbocycles. The van der Waals surface area contributed by atoms with E-state index >= 15 is 0 Å². The van der Waals surface area contributed by atoms with Gasteiger partial charge >= 0.3 is 0 Å². The zero-order valence-corrected chi connectivity index (χ0v) is 12.2. The minimum absolute atomic E-state index is 0.269. The van der Waals surface area contributed by atoms with Crippen LogP contribution in [0.3, 0.4) is 0 Å². The maximum absolute atomic E-state index is 5.90. The molecule has 5 heteroatoms. The predicted molar refractivity (Wildman–Crippen MR) is 86.2 cm³/mol. The SMILES string of the molecule is Cc1cc(NC(C)Cn2ccnc2)c2cc(N)ccc2n1. The lowest BCUT2D eigenvalue weighted by Crippen LogP contribution is -2.21. The first-order valence-electron chi connectivity index (χ1n) is 7.01. The zero-order chi connectivity index (χ0) is 14.8. The minimum atomic E-state index is 0.269. The van der Waals surface area contributed by atoms with Crippen LogP contribution in [0.25, 0.3) is 10.9 Å². The summed E-state index contributed by atoms with van der Waals surface area (Å²) in [5.74, 6) is 0. The first kappa shape index (κ1) is 13.4. The third-order valence-electron chi connectivity index (χ3n) is 3.41. The van der Waals surface area contributed by atoms with Gasteiger partial charge in [-0.1, -0.05) is 0 Å². The van der Waals surface area contributed by atoms with Gasteiger partial charge in [0.2, 0.25) is 0 Å². The number of nitrogen functional groups attached to an aromatic ring is 1. The van der Waals surface area contributed by atoms with Gasteiger partial charge in [-0.3, -0.25) is 4.98 Å². The largest absolute Gasteiger partial charge is 0.399 e. The van der Waals surface area contributed by atoms with E-state index in [1.54, 1.807) is 6.20 Å². The van der Waals surface area contributed by atoms with Crippen LogP contribution >= 0.6 is 0 Å². The summed E-state index contributed by atoms with van der Waals surface area (Å²) in [7, 11) is 0. The molecule has 0 aliphatic heterocycles. The van der Waals surface area contributed by atoms with Crippen LogP contribution in [-0.4, -0.2) is 20.6 Å². The lowest BCUT2D eigenvalue weighted by atomic mass is 10.1. The van der Waals surface area contributed by atoms with Gasteiger partial charge in [-0.25, -0.2) is 4.98 Å². The molecule has 3 aromatic rings. The second kappa shape index (κ2) is 5.44. The first-order valence-corrected chi connectivity index (χ1v) is 7.01. The summed E-state index contributed by atoms with van der Waals surface area (Å²) in [6.07, 6.45) is 5.58. The van der Waals surface area contributed by atoms with Crippen molar-refractivity contribution in [3.63, 3.8) is 0 Å². The summed E-state index contributed by atoms with van der Waals surface area (Å²) in [6.45, 7) is 5.00. The quantitative estimate of drug-likeness (QED) is 0.722. The van der Waals surface area contributed by atoms with Crippen molar-refractivity contribution in [1.29, 1.82) is 0 Å². The monoisotopic (exact) mass is 281 g/mol. The molecule has 3 rings (SSSR count). The Morgan fingerprint density at radius 1 is 1.33 bits per heavy atom. The molecule has 5 nitrogen and oxygen atoms in total. The number of hydrogen-bond acceptors (Lipinski definition) is 4. The molecule has 0 aliphatic rings. The van der Waals surface area contributed by atoms with E-state index in [1.807, 2.05) is 37.6 Å². The van der Waals surface area contributed by atoms with E-state index in [2.05, 4.69) is 32.8 Å². The minimum Gasteiger partial charge on any atom is -0.399 e. The number of hydrogen-bond donors (Lipinski definition) is 2. The van der Waals surface area contributed by atoms with Crippen LogP contribution in [0.15, 0.2) is 43.0 Å². The average molecular weight is 281 g/mol. The maximum atomic E-state index is 5.90. The number of fused-ring (bicyclic) bond motifs is 1. The highest BCUT2D eigenvalue weighted by molar-refractivity contribution is 5.93. The van der Waals surface area contributed by atoms with Crippen LogP contribution in [0.1, 0.15) is 12.6 Å². The van der Waals surface area contributed by atoms with Gasteiger partial charge in [0.15, 0.2) is 0 Å². The molecule has 2 aromatic heterocycles. The van der Waals surface area contributed by atoms with Crippen molar-refractivity contribution >= 4 is 22.3 Å². The van der Waals surface area contributed by atoms with E-state index in [0.29, 0.717) is 0 Å². The van der Waals surface area contributed by atoms with Crippen LogP contribution in [0, 0.1) is 6.92 Å². The van der Waals surface area contributed by atoms with Gasteiger partial charge in [-0.05, 0) is 38.1 Å². The van der Waals surface area contributed by atoms with Gasteiger partial charge in [0, 0.05) is 47.4 Å². The molecule has 1 unspecified atom stereocenters. The van der Waals surface area contributed by atoms with Crippen molar-refractivity contribution in [2.45, 2.75) is 26.4 Å². The highest BCUT2D eigenvalue weighted by Crippen LogP contribution is 2.26. The van der Waals surface area contributed by atoms with Crippen molar-refractivity contribution < 1.29 is 0 Å². The predicted octanol–water partition coefficient (Wildman–Crippen LogP) is 2.82. The molecule has 21 heavy (non-hydrogen) atoms. The molecule has 0 bridgehead atoms. The Morgan fingerprint density at radius 3 is 2.95 bits per heavy atom. The van der Waals surface area contributed by atoms with E-state index in [0.717, 1.165) is 34.5 Å². The van der Waals surface area contributed by atoms with Crippen molar-refractivity contribution in [2.75, 3.05) is 11.1 Å². The molecule has 0 amide bonds. The molecule has 0 saturated heterocycles. The van der Waals surface area contributed by atoms with E-state index < -0.39 is 0 Å². The van der Waals surface area contributed by atoms with E-state index in [1.165, 1.54) is 0 Å². The van der Waals surface area contributed by atoms with Gasteiger partial charge in [0.25, 0.3) is 0 Å². The number of imidazole rings is 1. The Bertz CT molecular complexity index is 749. The van der Waals surface area contributed by atoms with Crippen molar-refractivity contribution in [1.82, 2.24) is 14.5 Å². The molecular formula is C16H19N5. The number of pyridine rings is 1. The summed E-state index contributed by atoms with van der Waals surface area (Å²) < 4.78 is 2.06. The van der Waals surface area contributed by atoms with Crippen LogP contribution in [-0.2, 0) is 6.54 Å². The van der Waals surface area contributed by atoms with Crippen LogP contribution in [0.4, 0.5) is 11.4 Å². The number of aromatic nitrogens is 3. The van der Waals surface area contributed by atoms with Gasteiger partial charge in [-0.15, -0.1) is 0 Å². The Kier molecular flexibility index (Phi) is 3.48. The molecule has 0 spiro atoms.